The van der Waals surface area contributed by atoms with Gasteiger partial charge in [0.25, 0.3) is 0 Å². The number of nitrogens with two attached hydrogens (primary N) is 2. The first kappa shape index (κ1) is 13.9. The van der Waals surface area contributed by atoms with Crippen LogP contribution in [0.4, 0.5) is 0 Å². The van der Waals surface area contributed by atoms with Gasteiger partial charge in [-0.1, -0.05) is 13.3 Å². The highest BCUT2D eigenvalue weighted by Gasteiger charge is 2.25. The van der Waals surface area contributed by atoms with Gasteiger partial charge in [0.15, 0.2) is 0 Å². The van der Waals surface area contributed by atoms with Crippen molar-refractivity contribution in [3.63, 3.8) is 0 Å². The van der Waals surface area contributed by atoms with Gasteiger partial charge < -0.3 is 16.8 Å². The van der Waals surface area contributed by atoms with Crippen LogP contribution in [0, 0.1) is 0 Å². The van der Waals surface area contributed by atoms with Gasteiger partial charge in [0.1, 0.15) is 0 Å². The molecule has 5 nitrogen and oxygen atoms in total. The lowest BCUT2D eigenvalue weighted by atomic mass is 9.99. The smallest absolute Gasteiger partial charge is 0.237 e. The van der Waals surface area contributed by atoms with Crippen LogP contribution in [0.1, 0.15) is 40.0 Å². The molecule has 0 aromatic rings. The van der Waals surface area contributed by atoms with E-state index in [2.05, 4.69) is 5.32 Å². The molecule has 0 radical (unpaired) electrons. The molecule has 0 aliphatic rings. The van der Waals surface area contributed by atoms with Crippen molar-refractivity contribution < 1.29 is 9.59 Å². The summed E-state index contributed by atoms with van der Waals surface area (Å²) >= 11 is 0. The van der Waals surface area contributed by atoms with E-state index in [9.17, 15) is 9.59 Å². The van der Waals surface area contributed by atoms with E-state index in [0.717, 1.165) is 6.42 Å². The second-order valence-electron chi connectivity index (χ2n) is 4.41. The molecule has 5 N–H and O–H groups in total. The van der Waals surface area contributed by atoms with Gasteiger partial charge in [0.2, 0.25) is 11.8 Å². The Morgan fingerprint density at radius 1 is 1.40 bits per heavy atom. The van der Waals surface area contributed by atoms with E-state index in [-0.39, 0.29) is 12.3 Å². The van der Waals surface area contributed by atoms with Crippen molar-refractivity contribution in [2.45, 2.75) is 51.6 Å². The van der Waals surface area contributed by atoms with Crippen molar-refractivity contribution in [1.82, 2.24) is 5.32 Å². The third-order valence-corrected chi connectivity index (χ3v) is 2.01. The second kappa shape index (κ2) is 5.70. The van der Waals surface area contributed by atoms with Crippen LogP contribution in [0.25, 0.3) is 0 Å². The molecule has 0 aromatic carbocycles. The molecule has 1 atom stereocenters. The number of primary amides is 1. The molecule has 15 heavy (non-hydrogen) atoms. The van der Waals surface area contributed by atoms with Crippen LogP contribution in [-0.2, 0) is 9.59 Å². The Morgan fingerprint density at radius 3 is 2.33 bits per heavy atom. The van der Waals surface area contributed by atoms with E-state index in [0.29, 0.717) is 6.42 Å². The summed E-state index contributed by atoms with van der Waals surface area (Å²) in [5.41, 5.74) is 10.1. The van der Waals surface area contributed by atoms with Crippen molar-refractivity contribution in [2.24, 2.45) is 11.5 Å². The molecular formula is C10H21N3O2. The average Bonchev–Trinajstić information content (AvgIpc) is 2.00. The third kappa shape index (κ3) is 6.06. The highest BCUT2D eigenvalue weighted by Crippen LogP contribution is 2.08. The number of carbonyl (C=O) groups is 2. The summed E-state index contributed by atoms with van der Waals surface area (Å²) in [5.74, 6) is -0.674. The van der Waals surface area contributed by atoms with Crippen LogP contribution in [0.2, 0.25) is 0 Å². The summed E-state index contributed by atoms with van der Waals surface area (Å²) in [4.78, 5) is 22.3. The van der Waals surface area contributed by atoms with E-state index in [1.54, 1.807) is 13.8 Å². The predicted octanol–water partition coefficient (Wildman–Crippen LogP) is -0.116. The molecule has 0 aliphatic heterocycles. The topological polar surface area (TPSA) is 98.2 Å². The van der Waals surface area contributed by atoms with Crippen LogP contribution in [0.5, 0.6) is 0 Å². The van der Waals surface area contributed by atoms with Gasteiger partial charge in [-0.15, -0.1) is 0 Å². The Morgan fingerprint density at radius 2 is 1.93 bits per heavy atom. The monoisotopic (exact) mass is 215 g/mol. The number of rotatable bonds is 6. The molecule has 0 heterocycles. The van der Waals surface area contributed by atoms with Gasteiger partial charge in [0, 0.05) is 12.0 Å². The third-order valence-electron chi connectivity index (χ3n) is 2.01. The number of carbonyl (C=O) groups excluding carboxylic acids is 2. The van der Waals surface area contributed by atoms with Crippen molar-refractivity contribution in [3.8, 4) is 0 Å². The molecule has 0 rings (SSSR count). The zero-order valence-electron chi connectivity index (χ0n) is 9.67. The molecule has 0 spiro atoms. The number of amides is 2. The normalized spacial score (nSPS) is 13.3. The van der Waals surface area contributed by atoms with Gasteiger partial charge in [-0.05, 0) is 20.3 Å². The maximum Gasteiger partial charge on any atom is 0.237 e. The first-order valence-corrected chi connectivity index (χ1v) is 5.14. The largest absolute Gasteiger partial charge is 0.370 e. The highest BCUT2D eigenvalue weighted by atomic mass is 16.2. The van der Waals surface area contributed by atoms with Crippen LogP contribution in [0.15, 0.2) is 0 Å². The minimum atomic E-state index is -0.631. The van der Waals surface area contributed by atoms with Gasteiger partial charge >= 0.3 is 0 Å². The lowest BCUT2D eigenvalue weighted by molar-refractivity contribution is -0.125. The molecule has 0 bridgehead atoms. The van der Waals surface area contributed by atoms with Crippen LogP contribution in [0.3, 0.4) is 0 Å². The molecule has 0 aliphatic carbocycles. The maximum atomic E-state index is 11.5. The van der Waals surface area contributed by atoms with Gasteiger partial charge in [-0.2, -0.15) is 0 Å². The van der Waals surface area contributed by atoms with Crippen molar-refractivity contribution in [2.75, 3.05) is 0 Å². The molecule has 0 unspecified atom stereocenters. The fraction of sp³-hybridized carbons (Fsp3) is 0.800. The maximum absolute atomic E-state index is 11.5. The summed E-state index contributed by atoms with van der Waals surface area (Å²) in [5, 5.41) is 2.71. The Labute approximate surface area is 90.6 Å². The number of hydrogen-bond acceptors (Lipinski definition) is 3. The van der Waals surface area contributed by atoms with E-state index in [1.807, 2.05) is 6.92 Å². The fourth-order valence-electron chi connectivity index (χ4n) is 1.35. The summed E-state index contributed by atoms with van der Waals surface area (Å²) in [7, 11) is 0. The summed E-state index contributed by atoms with van der Waals surface area (Å²) < 4.78 is 0. The Bertz CT molecular complexity index is 239. The first-order chi connectivity index (χ1) is 6.78. The Balaban J connectivity index is 4.20. The first-order valence-electron chi connectivity index (χ1n) is 5.14. The molecule has 0 aromatic heterocycles. The molecule has 0 saturated heterocycles. The van der Waals surface area contributed by atoms with Gasteiger partial charge in [-0.25, -0.2) is 0 Å². The zero-order chi connectivity index (χ0) is 12.1. The average molecular weight is 215 g/mol. The number of hydrogen-bond donors (Lipinski definition) is 3. The van der Waals surface area contributed by atoms with E-state index >= 15 is 0 Å². The Hall–Kier alpha value is -1.10. The van der Waals surface area contributed by atoms with Crippen molar-refractivity contribution in [3.05, 3.63) is 0 Å². The summed E-state index contributed by atoms with van der Waals surface area (Å²) in [6.07, 6.45) is 1.60. The second-order valence-corrected chi connectivity index (χ2v) is 4.41. The minimum absolute atomic E-state index is 0.109. The van der Waals surface area contributed by atoms with Gasteiger partial charge in [-0.3, -0.25) is 9.59 Å². The molecule has 88 valence electrons. The molecule has 0 fully saturated rings. The van der Waals surface area contributed by atoms with Crippen LogP contribution < -0.4 is 16.8 Å². The summed E-state index contributed by atoms with van der Waals surface area (Å²) in [6.45, 7) is 5.45. The van der Waals surface area contributed by atoms with Crippen LogP contribution in [-0.4, -0.2) is 23.4 Å². The predicted molar refractivity (Wildman–Crippen MR) is 58.9 cm³/mol. The van der Waals surface area contributed by atoms with E-state index in [4.69, 9.17) is 11.5 Å². The van der Waals surface area contributed by atoms with E-state index < -0.39 is 17.5 Å². The highest BCUT2D eigenvalue weighted by molar-refractivity contribution is 5.83. The lowest BCUT2D eigenvalue weighted by Gasteiger charge is -2.26. The summed E-state index contributed by atoms with van der Waals surface area (Å²) in [6, 6.07) is -0.512. The molecule has 0 saturated carbocycles. The fourth-order valence-corrected chi connectivity index (χ4v) is 1.35. The van der Waals surface area contributed by atoms with Crippen molar-refractivity contribution in [1.29, 1.82) is 0 Å². The molecular weight excluding hydrogens is 194 g/mol. The molecule has 2 amide bonds. The van der Waals surface area contributed by atoms with Crippen molar-refractivity contribution >= 4 is 11.8 Å². The minimum Gasteiger partial charge on any atom is -0.370 e. The van der Waals surface area contributed by atoms with Crippen LogP contribution >= 0.6 is 0 Å². The zero-order valence-corrected chi connectivity index (χ0v) is 9.67. The Kier molecular flexibility index (Phi) is 5.28. The number of nitrogens with one attached hydrogen (secondary N) is 1. The quantitative estimate of drug-likeness (QED) is 0.576. The van der Waals surface area contributed by atoms with Gasteiger partial charge in [0.05, 0.1) is 6.04 Å². The lowest BCUT2D eigenvalue weighted by Crippen LogP contribution is -2.51. The molecule has 5 heteroatoms. The standard InChI is InChI=1S/C10H21N3O2/c1-4-5-7(11)9(15)13-10(2,3)6-8(12)14/h7H,4-6,11H2,1-3H3,(H2,12,14)(H,13,15)/t7-/m0/s1. The SMILES string of the molecule is CCC[C@H](N)C(=O)NC(C)(C)CC(N)=O. The van der Waals surface area contributed by atoms with E-state index in [1.165, 1.54) is 0 Å².